The zero-order valence-electron chi connectivity index (χ0n) is 9.63. The molecule has 1 heterocycles. The SMILES string of the molecule is Cc1cc(C)c(C2=C(O)COC2=O)c(C)c1. The first-order chi connectivity index (χ1) is 7.50. The number of ether oxygens (including phenoxy) is 1. The second-order valence-electron chi connectivity index (χ2n) is 4.17. The molecule has 2 rings (SSSR count). The molecule has 0 amide bonds. The molecule has 0 atom stereocenters. The topological polar surface area (TPSA) is 46.5 Å². The molecule has 1 aromatic rings. The molecule has 84 valence electrons. The first-order valence-corrected chi connectivity index (χ1v) is 5.18. The molecule has 0 aliphatic carbocycles. The van der Waals surface area contributed by atoms with Crippen LogP contribution in [0.2, 0.25) is 0 Å². The van der Waals surface area contributed by atoms with E-state index in [0.29, 0.717) is 5.57 Å². The van der Waals surface area contributed by atoms with Crippen molar-refractivity contribution in [1.82, 2.24) is 0 Å². The van der Waals surface area contributed by atoms with Crippen molar-refractivity contribution in [3.8, 4) is 0 Å². The van der Waals surface area contributed by atoms with Gasteiger partial charge in [-0.3, -0.25) is 0 Å². The van der Waals surface area contributed by atoms with Gasteiger partial charge < -0.3 is 9.84 Å². The Morgan fingerprint density at radius 3 is 2.19 bits per heavy atom. The van der Waals surface area contributed by atoms with Gasteiger partial charge in [0.1, 0.15) is 17.9 Å². The zero-order chi connectivity index (χ0) is 11.9. The van der Waals surface area contributed by atoms with E-state index in [1.54, 1.807) is 0 Å². The number of aliphatic hydroxyl groups excluding tert-OH is 1. The van der Waals surface area contributed by atoms with Crippen LogP contribution >= 0.6 is 0 Å². The summed E-state index contributed by atoms with van der Waals surface area (Å²) in [6.45, 7) is 5.86. The minimum Gasteiger partial charge on any atom is -0.508 e. The van der Waals surface area contributed by atoms with E-state index in [9.17, 15) is 9.90 Å². The maximum atomic E-state index is 11.5. The molecule has 0 saturated heterocycles. The van der Waals surface area contributed by atoms with Crippen LogP contribution in [0.3, 0.4) is 0 Å². The van der Waals surface area contributed by atoms with Gasteiger partial charge in [-0.1, -0.05) is 17.7 Å². The van der Waals surface area contributed by atoms with Crippen molar-refractivity contribution in [1.29, 1.82) is 0 Å². The number of cyclic esters (lactones) is 1. The molecule has 1 aromatic carbocycles. The van der Waals surface area contributed by atoms with Gasteiger partial charge in [-0.15, -0.1) is 0 Å². The van der Waals surface area contributed by atoms with E-state index in [-0.39, 0.29) is 12.4 Å². The Balaban J connectivity index is 2.65. The average molecular weight is 218 g/mol. The maximum Gasteiger partial charge on any atom is 0.342 e. The Bertz CT molecular complexity index is 475. The summed E-state index contributed by atoms with van der Waals surface area (Å²) < 4.78 is 4.81. The second-order valence-corrected chi connectivity index (χ2v) is 4.17. The fraction of sp³-hybridized carbons (Fsp3) is 0.308. The molecule has 1 aliphatic rings. The Labute approximate surface area is 94.4 Å². The molecule has 3 nitrogen and oxygen atoms in total. The zero-order valence-corrected chi connectivity index (χ0v) is 9.63. The van der Waals surface area contributed by atoms with Gasteiger partial charge in [0, 0.05) is 0 Å². The lowest BCUT2D eigenvalue weighted by Crippen LogP contribution is -2.03. The third kappa shape index (κ3) is 1.58. The molecule has 0 fully saturated rings. The summed E-state index contributed by atoms with van der Waals surface area (Å²) in [7, 11) is 0. The summed E-state index contributed by atoms with van der Waals surface area (Å²) >= 11 is 0. The van der Waals surface area contributed by atoms with Crippen molar-refractivity contribution < 1.29 is 14.6 Å². The average Bonchev–Trinajstić information content (AvgIpc) is 2.47. The molecule has 0 unspecified atom stereocenters. The van der Waals surface area contributed by atoms with E-state index in [1.807, 2.05) is 32.9 Å². The largest absolute Gasteiger partial charge is 0.508 e. The second kappa shape index (κ2) is 3.67. The highest BCUT2D eigenvalue weighted by Gasteiger charge is 2.28. The van der Waals surface area contributed by atoms with Crippen molar-refractivity contribution >= 4 is 11.5 Å². The number of rotatable bonds is 1. The molecule has 1 N–H and O–H groups in total. The van der Waals surface area contributed by atoms with Gasteiger partial charge in [0.25, 0.3) is 0 Å². The number of esters is 1. The molecule has 0 aromatic heterocycles. The number of hydrogen-bond donors (Lipinski definition) is 1. The van der Waals surface area contributed by atoms with Crippen molar-refractivity contribution in [3.05, 3.63) is 40.1 Å². The monoisotopic (exact) mass is 218 g/mol. The molecule has 0 bridgehead atoms. The first kappa shape index (κ1) is 10.7. The Kier molecular flexibility index (Phi) is 2.46. The van der Waals surface area contributed by atoms with Crippen LogP contribution in [0.4, 0.5) is 0 Å². The quantitative estimate of drug-likeness (QED) is 0.736. The van der Waals surface area contributed by atoms with Gasteiger partial charge in [-0.2, -0.15) is 0 Å². The molecule has 16 heavy (non-hydrogen) atoms. The van der Waals surface area contributed by atoms with Gasteiger partial charge in [0.15, 0.2) is 0 Å². The van der Waals surface area contributed by atoms with E-state index in [4.69, 9.17) is 4.74 Å². The Morgan fingerprint density at radius 1 is 1.19 bits per heavy atom. The molecule has 0 radical (unpaired) electrons. The number of benzene rings is 1. The predicted molar refractivity (Wildman–Crippen MR) is 61.2 cm³/mol. The summed E-state index contributed by atoms with van der Waals surface area (Å²) in [6, 6.07) is 3.99. The summed E-state index contributed by atoms with van der Waals surface area (Å²) in [5.74, 6) is -0.410. The van der Waals surface area contributed by atoms with Gasteiger partial charge >= 0.3 is 5.97 Å². The van der Waals surface area contributed by atoms with E-state index in [2.05, 4.69) is 0 Å². The van der Waals surface area contributed by atoms with Crippen LogP contribution in [0.5, 0.6) is 0 Å². The van der Waals surface area contributed by atoms with Crippen LogP contribution < -0.4 is 0 Å². The van der Waals surface area contributed by atoms with Crippen molar-refractivity contribution in [2.75, 3.05) is 6.61 Å². The Hall–Kier alpha value is -1.77. The lowest BCUT2D eigenvalue weighted by Gasteiger charge is -2.10. The lowest BCUT2D eigenvalue weighted by atomic mass is 9.93. The minimum atomic E-state index is -0.437. The normalized spacial score (nSPS) is 15.6. The van der Waals surface area contributed by atoms with Crippen molar-refractivity contribution in [3.63, 3.8) is 0 Å². The lowest BCUT2D eigenvalue weighted by molar-refractivity contribution is -0.134. The highest BCUT2D eigenvalue weighted by Crippen LogP contribution is 2.30. The number of aliphatic hydroxyl groups is 1. The molecular formula is C13H14O3. The Morgan fingerprint density at radius 2 is 1.75 bits per heavy atom. The molecule has 1 aliphatic heterocycles. The highest BCUT2D eigenvalue weighted by atomic mass is 16.5. The van der Waals surface area contributed by atoms with Gasteiger partial charge in [0.05, 0.1) is 0 Å². The fourth-order valence-electron chi connectivity index (χ4n) is 2.22. The van der Waals surface area contributed by atoms with E-state index < -0.39 is 5.97 Å². The number of hydrogen-bond acceptors (Lipinski definition) is 3. The minimum absolute atomic E-state index is 0.0130. The number of aryl methyl sites for hydroxylation is 3. The van der Waals surface area contributed by atoms with E-state index in [0.717, 1.165) is 22.3 Å². The molecule has 0 saturated carbocycles. The maximum absolute atomic E-state index is 11.5. The van der Waals surface area contributed by atoms with Crippen LogP contribution in [0, 0.1) is 20.8 Å². The standard InChI is InChI=1S/C13H14O3/c1-7-4-8(2)11(9(3)5-7)12-10(14)6-16-13(12)15/h4-5,14H,6H2,1-3H3. The van der Waals surface area contributed by atoms with E-state index in [1.165, 1.54) is 0 Å². The summed E-state index contributed by atoms with van der Waals surface area (Å²) in [5, 5.41) is 9.66. The van der Waals surface area contributed by atoms with Crippen LogP contribution in [-0.2, 0) is 9.53 Å². The molecule has 0 spiro atoms. The van der Waals surface area contributed by atoms with E-state index >= 15 is 0 Å². The smallest absolute Gasteiger partial charge is 0.342 e. The highest BCUT2D eigenvalue weighted by molar-refractivity contribution is 6.19. The first-order valence-electron chi connectivity index (χ1n) is 5.18. The molecule has 3 heteroatoms. The predicted octanol–water partition coefficient (Wildman–Crippen LogP) is 2.44. The van der Waals surface area contributed by atoms with Gasteiger partial charge in [0.2, 0.25) is 0 Å². The van der Waals surface area contributed by atoms with Crippen molar-refractivity contribution in [2.45, 2.75) is 20.8 Å². The number of carbonyl (C=O) groups is 1. The van der Waals surface area contributed by atoms with Crippen molar-refractivity contribution in [2.24, 2.45) is 0 Å². The number of carbonyl (C=O) groups excluding carboxylic acids is 1. The molecular weight excluding hydrogens is 204 g/mol. The fourth-order valence-corrected chi connectivity index (χ4v) is 2.22. The third-order valence-corrected chi connectivity index (χ3v) is 2.76. The third-order valence-electron chi connectivity index (χ3n) is 2.76. The van der Waals surface area contributed by atoms with Crippen LogP contribution in [0.1, 0.15) is 22.3 Å². The summed E-state index contributed by atoms with van der Waals surface area (Å²) in [4.78, 5) is 11.5. The van der Waals surface area contributed by atoms with Crippen LogP contribution in [0.15, 0.2) is 17.9 Å². The van der Waals surface area contributed by atoms with Gasteiger partial charge in [-0.05, 0) is 37.5 Å². The van der Waals surface area contributed by atoms with Crippen LogP contribution in [-0.4, -0.2) is 17.7 Å². The van der Waals surface area contributed by atoms with Crippen LogP contribution in [0.25, 0.3) is 5.57 Å². The summed E-state index contributed by atoms with van der Waals surface area (Å²) in [5.41, 5.74) is 4.22. The summed E-state index contributed by atoms with van der Waals surface area (Å²) in [6.07, 6.45) is 0. The van der Waals surface area contributed by atoms with Gasteiger partial charge in [-0.25, -0.2) is 4.79 Å².